The average molecular weight is 479 g/mol. The Morgan fingerprint density at radius 2 is 1.76 bits per heavy atom. The number of nitrogens with zero attached hydrogens (tertiary/aromatic N) is 1. The van der Waals surface area contributed by atoms with Crippen LogP contribution in [0.5, 0.6) is 0 Å². The summed E-state index contributed by atoms with van der Waals surface area (Å²) >= 11 is 0. The number of carboxylic acids is 1. The molecule has 0 aromatic heterocycles. The van der Waals surface area contributed by atoms with Crippen LogP contribution < -0.4 is 0 Å². The second-order valence-electron chi connectivity index (χ2n) is 6.99. The molecule has 0 spiro atoms. The number of amides is 1. The molecule has 0 saturated heterocycles. The van der Waals surface area contributed by atoms with Gasteiger partial charge in [-0.3, -0.25) is 4.79 Å². The van der Waals surface area contributed by atoms with Crippen LogP contribution in [0.25, 0.3) is 5.57 Å². The Morgan fingerprint density at radius 3 is 2.21 bits per heavy atom. The first-order chi connectivity index (χ1) is 15.1. The number of benzene rings is 1. The van der Waals surface area contributed by atoms with Gasteiger partial charge in [-0.15, -0.1) is 0 Å². The quantitative estimate of drug-likeness (QED) is 0.355. The third kappa shape index (κ3) is 8.32. The monoisotopic (exact) mass is 479 g/mol. The number of carboxylic acid groups (broad SMARTS) is 1. The van der Waals surface area contributed by atoms with Gasteiger partial charge in [0.1, 0.15) is 0 Å². The van der Waals surface area contributed by atoms with Crippen molar-refractivity contribution in [1.29, 1.82) is 0 Å². The number of aliphatic carboxylic acids is 1. The molecule has 0 unspecified atom stereocenters. The summed E-state index contributed by atoms with van der Waals surface area (Å²) in [6.07, 6.45) is -9.32. The van der Waals surface area contributed by atoms with Crippen molar-refractivity contribution >= 4 is 17.6 Å². The molecule has 1 rings (SSSR count). The number of carbonyl (C=O) groups is 2. The Hall–Kier alpha value is -3.24. The van der Waals surface area contributed by atoms with Gasteiger partial charge in [0, 0.05) is 18.7 Å². The lowest BCUT2D eigenvalue weighted by Gasteiger charge is -2.22. The van der Waals surface area contributed by atoms with E-state index in [2.05, 4.69) is 11.3 Å². The molecule has 0 fully saturated rings. The highest BCUT2D eigenvalue weighted by molar-refractivity contribution is 5.76. The summed E-state index contributed by atoms with van der Waals surface area (Å²) < 4.78 is 82.9. The predicted octanol–water partition coefficient (Wildman–Crippen LogP) is 6.22. The van der Waals surface area contributed by atoms with Crippen LogP contribution in [-0.2, 0) is 22.3 Å². The van der Waals surface area contributed by atoms with E-state index in [4.69, 9.17) is 5.11 Å². The lowest BCUT2D eigenvalue weighted by molar-refractivity contribution is -0.138. The maximum atomic E-state index is 13.2. The number of allylic oxidation sites excluding steroid dienone is 4. The van der Waals surface area contributed by atoms with E-state index in [1.165, 1.54) is 6.92 Å². The van der Waals surface area contributed by atoms with E-state index >= 15 is 0 Å². The number of halogens is 6. The largest absolute Gasteiger partial charge is 0.481 e. The van der Waals surface area contributed by atoms with Crippen LogP contribution >= 0.6 is 0 Å². The summed E-state index contributed by atoms with van der Waals surface area (Å²) in [5, 5.41) is 9.04. The lowest BCUT2D eigenvalue weighted by Crippen LogP contribution is -2.30. The van der Waals surface area contributed by atoms with Crippen molar-refractivity contribution in [3.05, 3.63) is 64.8 Å². The van der Waals surface area contributed by atoms with Crippen LogP contribution in [0.2, 0.25) is 0 Å². The molecule has 1 N–H and O–H groups in total. The maximum absolute atomic E-state index is 13.2. The zero-order valence-electron chi connectivity index (χ0n) is 18.1. The lowest BCUT2D eigenvalue weighted by atomic mass is 9.95. The minimum atomic E-state index is -4.78. The number of hydrogen-bond donors (Lipinski definition) is 1. The molecule has 5 nitrogen and oxygen atoms in total. The Kier molecular flexibility index (Phi) is 9.32. The number of carbonyl (C=O) groups excluding carboxylic acids is 1. The topological polar surface area (TPSA) is 66.8 Å². The van der Waals surface area contributed by atoms with Crippen molar-refractivity contribution in [3.63, 3.8) is 0 Å². The third-order valence-electron chi connectivity index (χ3n) is 4.51. The Morgan fingerprint density at radius 1 is 1.15 bits per heavy atom. The second kappa shape index (κ2) is 11.1. The van der Waals surface area contributed by atoms with Crippen molar-refractivity contribution in [1.82, 2.24) is 4.90 Å². The molecule has 0 heterocycles. The first-order valence-corrected chi connectivity index (χ1v) is 9.50. The van der Waals surface area contributed by atoms with Gasteiger partial charge in [0.2, 0.25) is 0 Å². The highest BCUT2D eigenvalue weighted by atomic mass is 19.4. The minimum absolute atomic E-state index is 0.0511. The van der Waals surface area contributed by atoms with Gasteiger partial charge in [-0.25, -0.2) is 4.79 Å². The Bertz CT molecular complexity index is 961. The van der Waals surface area contributed by atoms with E-state index in [0.717, 1.165) is 36.3 Å². The molecule has 0 aliphatic carbocycles. The van der Waals surface area contributed by atoms with Gasteiger partial charge in [-0.05, 0) is 54.3 Å². The summed E-state index contributed by atoms with van der Waals surface area (Å²) in [5.41, 5.74) is -2.08. The molecular formula is C22H23F6NO4. The van der Waals surface area contributed by atoms with Crippen LogP contribution in [0.15, 0.2) is 48.1 Å². The molecular weight excluding hydrogens is 456 g/mol. The normalized spacial score (nSPS) is 13.0. The van der Waals surface area contributed by atoms with Gasteiger partial charge in [0.05, 0.1) is 19.1 Å². The zero-order chi connectivity index (χ0) is 25.6. The fourth-order valence-electron chi connectivity index (χ4n) is 2.91. The first-order valence-electron chi connectivity index (χ1n) is 9.50. The van der Waals surface area contributed by atoms with Gasteiger partial charge in [-0.2, -0.15) is 26.3 Å². The standard InChI is InChI=1S/C22H23F6NO4/c1-5-29(20(32)33-4)12-16-11-17(22(26,27)28)6-7-18(16)13(2)8-15(10-19(30)31)9-14(3)21(23,24)25/h6-9,11H,3,5,10,12H2,1-2,4H3,(H,30,31)/b13-8+,15-9+. The fraction of sp³-hybridized carbons (Fsp3) is 0.364. The number of ether oxygens (including phenoxy) is 1. The molecule has 11 heteroatoms. The molecule has 33 heavy (non-hydrogen) atoms. The maximum Gasteiger partial charge on any atom is 0.416 e. The molecule has 0 saturated carbocycles. The second-order valence-corrected chi connectivity index (χ2v) is 6.99. The molecule has 0 atom stereocenters. The SMILES string of the molecule is C=C(/C=C(\C=C(/C)c1ccc(C(F)(F)F)cc1CN(CC)C(=O)OC)CC(=O)O)C(F)(F)F. The van der Waals surface area contributed by atoms with E-state index in [1.54, 1.807) is 6.92 Å². The number of hydrogen-bond acceptors (Lipinski definition) is 3. The summed E-state index contributed by atoms with van der Waals surface area (Å²) in [4.78, 5) is 24.1. The van der Waals surface area contributed by atoms with Gasteiger partial charge >= 0.3 is 24.4 Å². The number of methoxy groups -OCH3 is 1. The summed E-state index contributed by atoms with van der Waals surface area (Å²) in [6, 6.07) is 2.74. The van der Waals surface area contributed by atoms with Crippen LogP contribution in [0.3, 0.4) is 0 Å². The molecule has 1 aromatic rings. The first kappa shape index (κ1) is 27.8. The minimum Gasteiger partial charge on any atom is -0.481 e. The van der Waals surface area contributed by atoms with Gasteiger partial charge in [-0.1, -0.05) is 18.7 Å². The van der Waals surface area contributed by atoms with Crippen LogP contribution in [-0.4, -0.2) is 41.9 Å². The van der Waals surface area contributed by atoms with E-state index in [0.29, 0.717) is 6.08 Å². The van der Waals surface area contributed by atoms with Crippen molar-refractivity contribution in [2.45, 2.75) is 39.2 Å². The molecule has 182 valence electrons. The highest BCUT2D eigenvalue weighted by Gasteiger charge is 2.32. The summed E-state index contributed by atoms with van der Waals surface area (Å²) in [6.45, 7) is 5.71. The van der Waals surface area contributed by atoms with Crippen molar-refractivity contribution in [2.24, 2.45) is 0 Å². The van der Waals surface area contributed by atoms with Crippen molar-refractivity contribution < 1.29 is 45.8 Å². The van der Waals surface area contributed by atoms with Crippen molar-refractivity contribution in [2.75, 3.05) is 13.7 Å². The molecule has 1 aromatic carbocycles. The van der Waals surface area contributed by atoms with Gasteiger partial charge in [0.15, 0.2) is 0 Å². The average Bonchev–Trinajstić information content (AvgIpc) is 2.69. The number of alkyl halides is 6. The Balaban J connectivity index is 3.60. The smallest absolute Gasteiger partial charge is 0.416 e. The molecule has 0 radical (unpaired) electrons. The third-order valence-corrected chi connectivity index (χ3v) is 4.51. The molecule has 0 aliphatic rings. The van der Waals surface area contributed by atoms with Crippen LogP contribution in [0, 0.1) is 0 Å². The van der Waals surface area contributed by atoms with Crippen LogP contribution in [0.4, 0.5) is 31.1 Å². The summed E-state index contributed by atoms with van der Waals surface area (Å²) in [7, 11) is 1.11. The molecule has 0 bridgehead atoms. The van der Waals surface area contributed by atoms with Gasteiger partial charge < -0.3 is 14.7 Å². The van der Waals surface area contributed by atoms with E-state index in [1.807, 2.05) is 0 Å². The van der Waals surface area contributed by atoms with Crippen LogP contribution in [0.1, 0.15) is 37.0 Å². The molecule has 1 amide bonds. The van der Waals surface area contributed by atoms with E-state index in [9.17, 15) is 35.9 Å². The zero-order valence-corrected chi connectivity index (χ0v) is 18.1. The van der Waals surface area contributed by atoms with Gasteiger partial charge in [0.25, 0.3) is 0 Å². The summed E-state index contributed by atoms with van der Waals surface area (Å²) in [5.74, 6) is -1.41. The van der Waals surface area contributed by atoms with Crippen molar-refractivity contribution in [3.8, 4) is 0 Å². The number of rotatable bonds is 8. The highest BCUT2D eigenvalue weighted by Crippen LogP contribution is 2.33. The van der Waals surface area contributed by atoms with E-state index < -0.39 is 42.0 Å². The predicted molar refractivity (Wildman–Crippen MR) is 109 cm³/mol. The Labute approximate surface area is 186 Å². The molecule has 0 aliphatic heterocycles. The fourth-order valence-corrected chi connectivity index (χ4v) is 2.91. The van der Waals surface area contributed by atoms with E-state index in [-0.39, 0.29) is 35.4 Å².